The number of rotatable bonds is 8. The van der Waals surface area contributed by atoms with E-state index < -0.39 is 5.95 Å². The van der Waals surface area contributed by atoms with Crippen LogP contribution in [0.1, 0.15) is 67.8 Å². The van der Waals surface area contributed by atoms with Gasteiger partial charge in [0.05, 0.1) is 29.6 Å². The van der Waals surface area contributed by atoms with Crippen LogP contribution in [-0.2, 0) is 15.9 Å². The Labute approximate surface area is 379 Å². The van der Waals surface area contributed by atoms with E-state index in [0.717, 1.165) is 105 Å². The number of aryl methyl sites for hydroxylation is 1. The van der Waals surface area contributed by atoms with Crippen LogP contribution in [0.15, 0.2) is 105 Å². The third-order valence-corrected chi connectivity index (χ3v) is 12.3. The molecule has 2 saturated heterocycles. The molecule has 2 atom stereocenters. The lowest BCUT2D eigenvalue weighted by molar-refractivity contribution is -0.0299. The van der Waals surface area contributed by atoms with Crippen LogP contribution >= 0.6 is 22.6 Å². The highest BCUT2D eigenvalue weighted by molar-refractivity contribution is 14.1. The van der Waals surface area contributed by atoms with E-state index in [1.807, 2.05) is 45.8 Å². The summed E-state index contributed by atoms with van der Waals surface area (Å²) in [7, 11) is 0. The van der Waals surface area contributed by atoms with Gasteiger partial charge in [-0.25, -0.2) is 44.3 Å². The molecule has 0 radical (unpaired) electrons. The standard InChI is InChI=1S/C32H27FIN7O.C15H14FN5O/c1-19-7-9-22-21(11-13-36-31(22)40-26-10-8-20(34)15-25(26)33)24(19)16-27-23(5-4-12-35-27)29-30-32(38-17-37-29)41(18-39-30)28-6-2-3-14-42-28;16-14-10(4-3-6-17-14)12-13-15(19-8-18-12)21(9-20-13)11-5-1-2-7-22-11/h4-5,7-13,15,17-18,28H,2-3,6,14,16H2,1H3,(H,36,40);3-4,6,8-9,11H,1-2,5,7H2. The summed E-state index contributed by atoms with van der Waals surface area (Å²) in [6, 6.07) is 18.5. The summed E-state index contributed by atoms with van der Waals surface area (Å²) in [6.45, 7) is 3.57. The van der Waals surface area contributed by atoms with Crippen molar-refractivity contribution in [1.29, 1.82) is 0 Å². The van der Waals surface area contributed by atoms with Crippen LogP contribution in [0.5, 0.6) is 0 Å². The van der Waals surface area contributed by atoms with Crippen molar-refractivity contribution >= 4 is 67.2 Å². The number of fused-ring (bicyclic) bond motifs is 3. The molecule has 0 saturated carbocycles. The van der Waals surface area contributed by atoms with E-state index in [9.17, 15) is 8.78 Å². The minimum atomic E-state index is -0.564. The first-order valence-corrected chi connectivity index (χ1v) is 22.2. The zero-order valence-corrected chi connectivity index (χ0v) is 36.9. The van der Waals surface area contributed by atoms with E-state index in [2.05, 4.69) is 75.8 Å². The molecule has 0 bridgehead atoms. The molecule has 2 unspecified atom stereocenters. The third-order valence-electron chi connectivity index (χ3n) is 11.6. The molecule has 11 rings (SSSR count). The average molecular weight is 971 g/mol. The summed E-state index contributed by atoms with van der Waals surface area (Å²) < 4.78 is 45.1. The molecule has 64 heavy (non-hydrogen) atoms. The van der Waals surface area contributed by atoms with Crippen molar-refractivity contribution in [3.63, 3.8) is 0 Å². The van der Waals surface area contributed by atoms with E-state index >= 15 is 0 Å². The lowest BCUT2D eigenvalue weighted by atomic mass is 9.94. The van der Waals surface area contributed by atoms with Crippen LogP contribution in [0.2, 0.25) is 0 Å². The summed E-state index contributed by atoms with van der Waals surface area (Å²) in [6.07, 6.45) is 18.1. The Balaban J connectivity index is 0.000000184. The number of halogens is 3. The summed E-state index contributed by atoms with van der Waals surface area (Å²) in [4.78, 5) is 39.9. The molecule has 2 aliphatic rings. The highest BCUT2D eigenvalue weighted by atomic mass is 127. The molecule has 1 N–H and O–H groups in total. The van der Waals surface area contributed by atoms with Crippen molar-refractivity contribution in [3.8, 4) is 22.5 Å². The number of hydrogen-bond acceptors (Lipinski definition) is 12. The third kappa shape index (κ3) is 8.25. The first-order valence-electron chi connectivity index (χ1n) is 21.1. The molecule has 0 amide bonds. The fraction of sp³-hybridized carbons (Fsp3) is 0.255. The smallest absolute Gasteiger partial charge is 0.222 e. The number of benzene rings is 2. The number of hydrogen-bond donors (Lipinski definition) is 1. The lowest BCUT2D eigenvalue weighted by Crippen LogP contribution is -2.17. The van der Waals surface area contributed by atoms with Crippen LogP contribution in [0, 0.1) is 22.3 Å². The summed E-state index contributed by atoms with van der Waals surface area (Å²) in [5.74, 6) is -0.283. The van der Waals surface area contributed by atoms with E-state index in [1.165, 1.54) is 18.6 Å². The zero-order valence-electron chi connectivity index (χ0n) is 34.7. The fourth-order valence-corrected chi connectivity index (χ4v) is 8.86. The maximum atomic E-state index is 14.7. The maximum Gasteiger partial charge on any atom is 0.222 e. The second-order valence-corrected chi connectivity index (χ2v) is 16.9. The van der Waals surface area contributed by atoms with Crippen molar-refractivity contribution < 1.29 is 18.3 Å². The van der Waals surface area contributed by atoms with Crippen LogP contribution in [0.4, 0.5) is 20.3 Å². The molecule has 2 fully saturated rings. The van der Waals surface area contributed by atoms with Gasteiger partial charge in [-0.3, -0.25) is 14.1 Å². The molecular formula is C47H41F2IN12O2. The first kappa shape index (κ1) is 41.6. The topological polar surface area (TPSA) is 156 Å². The van der Waals surface area contributed by atoms with Gasteiger partial charge >= 0.3 is 0 Å². The number of nitrogens with one attached hydrogen (secondary N) is 1. The van der Waals surface area contributed by atoms with Crippen LogP contribution in [-0.4, -0.2) is 67.2 Å². The highest BCUT2D eigenvalue weighted by Gasteiger charge is 2.24. The van der Waals surface area contributed by atoms with Crippen molar-refractivity contribution in [3.05, 3.63) is 137 Å². The quantitative estimate of drug-likeness (QED) is 0.114. The van der Waals surface area contributed by atoms with Gasteiger partial charge in [0.15, 0.2) is 11.3 Å². The molecule has 0 aliphatic carbocycles. The second kappa shape index (κ2) is 18.3. The molecule has 322 valence electrons. The molecule has 7 aromatic heterocycles. The Morgan fingerprint density at radius 3 is 1.97 bits per heavy atom. The van der Waals surface area contributed by atoms with Gasteiger partial charge in [-0.2, -0.15) is 4.39 Å². The van der Waals surface area contributed by atoms with Crippen molar-refractivity contribution in [2.45, 2.75) is 64.3 Å². The Morgan fingerprint density at radius 2 is 1.33 bits per heavy atom. The lowest BCUT2D eigenvalue weighted by Gasteiger charge is -2.23. The van der Waals surface area contributed by atoms with Crippen molar-refractivity contribution in [1.82, 2.24) is 54.0 Å². The van der Waals surface area contributed by atoms with Gasteiger partial charge < -0.3 is 14.8 Å². The summed E-state index contributed by atoms with van der Waals surface area (Å²) in [5, 5.41) is 5.13. The average Bonchev–Trinajstić information content (AvgIpc) is 3.98. The number of aromatic nitrogens is 11. The SMILES string of the molecule is Cc1ccc2c(Nc3ccc(I)cc3F)nccc2c1Cc1ncccc1-c1ncnc2c1ncn2C1CCCCO1.Fc1ncccc1-c1ncnc2c1ncn2C1CCCCO1. The zero-order chi connectivity index (χ0) is 43.6. The number of ether oxygens (including phenoxy) is 2. The molecule has 2 aliphatic heterocycles. The van der Waals surface area contributed by atoms with Gasteiger partial charge in [-0.15, -0.1) is 0 Å². The molecule has 9 heterocycles. The minimum absolute atomic E-state index is 0.0670. The van der Waals surface area contributed by atoms with Crippen LogP contribution in [0.25, 0.3) is 55.6 Å². The molecule has 9 aromatic rings. The highest BCUT2D eigenvalue weighted by Crippen LogP contribution is 2.35. The molecular weight excluding hydrogens is 929 g/mol. The van der Waals surface area contributed by atoms with E-state index in [-0.39, 0.29) is 18.3 Å². The van der Waals surface area contributed by atoms with Gasteiger partial charge in [0.25, 0.3) is 0 Å². The summed E-state index contributed by atoms with van der Waals surface area (Å²) in [5.41, 5.74) is 8.63. The van der Waals surface area contributed by atoms with Crippen molar-refractivity contribution in [2.24, 2.45) is 0 Å². The number of pyridine rings is 3. The first-order chi connectivity index (χ1) is 31.4. The van der Waals surface area contributed by atoms with E-state index in [0.29, 0.717) is 40.3 Å². The normalized spacial score (nSPS) is 16.5. The van der Waals surface area contributed by atoms with Gasteiger partial charge in [0, 0.05) is 52.7 Å². The Bertz CT molecular complexity index is 3130. The molecule has 17 heteroatoms. The number of nitrogens with zero attached hydrogens (tertiary/aromatic N) is 11. The Hall–Kier alpha value is -6.44. The fourth-order valence-electron chi connectivity index (χ4n) is 8.41. The minimum Gasteiger partial charge on any atom is -0.358 e. The maximum absolute atomic E-state index is 14.7. The summed E-state index contributed by atoms with van der Waals surface area (Å²) >= 11 is 2.10. The van der Waals surface area contributed by atoms with Gasteiger partial charge in [-0.1, -0.05) is 12.1 Å². The molecule has 14 nitrogen and oxygen atoms in total. The van der Waals surface area contributed by atoms with E-state index in [1.54, 1.807) is 43.2 Å². The van der Waals surface area contributed by atoms with E-state index in [4.69, 9.17) is 19.4 Å². The molecule has 2 aromatic carbocycles. The van der Waals surface area contributed by atoms with Gasteiger partial charge in [0.2, 0.25) is 5.95 Å². The predicted molar refractivity (Wildman–Crippen MR) is 246 cm³/mol. The second-order valence-electron chi connectivity index (χ2n) is 15.6. The predicted octanol–water partition coefficient (Wildman–Crippen LogP) is 10.2. The van der Waals surface area contributed by atoms with Crippen LogP contribution in [0.3, 0.4) is 0 Å². The number of anilines is 2. The largest absolute Gasteiger partial charge is 0.358 e. The van der Waals surface area contributed by atoms with Gasteiger partial charge in [0.1, 0.15) is 59.2 Å². The molecule has 0 spiro atoms. The number of imidazole rings is 2. The Morgan fingerprint density at radius 1 is 0.672 bits per heavy atom. The van der Waals surface area contributed by atoms with Crippen LogP contribution < -0.4 is 5.32 Å². The van der Waals surface area contributed by atoms with Crippen molar-refractivity contribution in [2.75, 3.05) is 18.5 Å². The Kier molecular flexibility index (Phi) is 11.9. The van der Waals surface area contributed by atoms with Gasteiger partial charge in [-0.05, 0) is 133 Å². The monoisotopic (exact) mass is 970 g/mol.